The number of hydrogen-bond acceptors (Lipinski definition) is 2. The molecule has 1 atom stereocenters. The highest BCUT2D eigenvalue weighted by Gasteiger charge is 2.21. The maximum Gasteiger partial charge on any atom is 0.253 e. The molecular formula is C16H23ClN2O. The predicted molar refractivity (Wildman–Crippen MR) is 84.8 cm³/mol. The number of rotatable bonds is 1. The zero-order valence-corrected chi connectivity index (χ0v) is 12.8. The van der Waals surface area contributed by atoms with Gasteiger partial charge in [-0.25, -0.2) is 0 Å². The maximum atomic E-state index is 12.6. The van der Waals surface area contributed by atoms with Gasteiger partial charge in [0.25, 0.3) is 5.91 Å². The Hall–Kier alpha value is -1.22. The molecule has 2 heterocycles. The van der Waals surface area contributed by atoms with Gasteiger partial charge >= 0.3 is 0 Å². The SMILES string of the molecule is CC1CCCN(C(=O)c2ccc3c(c2)CCN3)CC1.Cl. The number of anilines is 1. The first-order chi connectivity index (χ1) is 9.24. The van der Waals surface area contributed by atoms with Crippen LogP contribution in [0.3, 0.4) is 0 Å². The Bertz CT molecular complexity index is 489. The molecule has 1 saturated heterocycles. The van der Waals surface area contributed by atoms with Crippen molar-refractivity contribution in [2.45, 2.75) is 32.6 Å². The summed E-state index contributed by atoms with van der Waals surface area (Å²) in [6.07, 6.45) is 4.56. The van der Waals surface area contributed by atoms with Gasteiger partial charge in [0.05, 0.1) is 0 Å². The number of amides is 1. The Morgan fingerprint density at radius 1 is 1.30 bits per heavy atom. The van der Waals surface area contributed by atoms with Crippen molar-refractivity contribution in [1.82, 2.24) is 4.90 Å². The van der Waals surface area contributed by atoms with E-state index < -0.39 is 0 Å². The van der Waals surface area contributed by atoms with E-state index in [4.69, 9.17) is 0 Å². The summed E-state index contributed by atoms with van der Waals surface area (Å²) in [5.41, 5.74) is 3.34. The minimum Gasteiger partial charge on any atom is -0.384 e. The van der Waals surface area contributed by atoms with Gasteiger partial charge in [0.1, 0.15) is 0 Å². The first-order valence-electron chi connectivity index (χ1n) is 7.40. The van der Waals surface area contributed by atoms with Crippen LogP contribution < -0.4 is 5.32 Å². The van der Waals surface area contributed by atoms with Gasteiger partial charge in [-0.2, -0.15) is 0 Å². The van der Waals surface area contributed by atoms with Crippen LogP contribution in [0.1, 0.15) is 42.1 Å². The lowest BCUT2D eigenvalue weighted by Gasteiger charge is -2.20. The van der Waals surface area contributed by atoms with Crippen LogP contribution in [-0.4, -0.2) is 30.4 Å². The van der Waals surface area contributed by atoms with Crippen LogP contribution in [0.5, 0.6) is 0 Å². The lowest BCUT2D eigenvalue weighted by molar-refractivity contribution is 0.0760. The molecule has 3 rings (SSSR count). The number of benzene rings is 1. The van der Waals surface area contributed by atoms with Crippen molar-refractivity contribution < 1.29 is 4.79 Å². The molecule has 1 aromatic rings. The topological polar surface area (TPSA) is 32.3 Å². The molecule has 0 saturated carbocycles. The van der Waals surface area contributed by atoms with E-state index in [-0.39, 0.29) is 18.3 Å². The number of likely N-dealkylation sites (tertiary alicyclic amines) is 1. The Morgan fingerprint density at radius 3 is 3.00 bits per heavy atom. The number of nitrogens with zero attached hydrogens (tertiary/aromatic N) is 1. The summed E-state index contributed by atoms with van der Waals surface area (Å²) < 4.78 is 0. The highest BCUT2D eigenvalue weighted by atomic mass is 35.5. The van der Waals surface area contributed by atoms with Crippen molar-refractivity contribution in [3.05, 3.63) is 29.3 Å². The molecule has 3 nitrogen and oxygen atoms in total. The van der Waals surface area contributed by atoms with E-state index >= 15 is 0 Å². The molecule has 1 fully saturated rings. The molecule has 0 radical (unpaired) electrons. The van der Waals surface area contributed by atoms with Gasteiger partial charge in [-0.05, 0) is 55.4 Å². The molecule has 110 valence electrons. The monoisotopic (exact) mass is 294 g/mol. The van der Waals surface area contributed by atoms with Crippen LogP contribution in [0.15, 0.2) is 18.2 Å². The van der Waals surface area contributed by atoms with Gasteiger partial charge in [-0.1, -0.05) is 6.92 Å². The van der Waals surface area contributed by atoms with Crippen LogP contribution >= 0.6 is 12.4 Å². The van der Waals surface area contributed by atoms with Gasteiger partial charge in [0.2, 0.25) is 0 Å². The molecule has 20 heavy (non-hydrogen) atoms. The van der Waals surface area contributed by atoms with Gasteiger partial charge in [-0.15, -0.1) is 12.4 Å². The Kier molecular flexibility index (Phi) is 4.92. The van der Waals surface area contributed by atoms with Gasteiger partial charge in [-0.3, -0.25) is 4.79 Å². The van der Waals surface area contributed by atoms with Gasteiger partial charge in [0.15, 0.2) is 0 Å². The van der Waals surface area contributed by atoms with E-state index in [1.165, 1.54) is 17.7 Å². The van der Waals surface area contributed by atoms with E-state index in [9.17, 15) is 4.79 Å². The fourth-order valence-corrected chi connectivity index (χ4v) is 3.09. The van der Waals surface area contributed by atoms with Crippen molar-refractivity contribution in [3.8, 4) is 0 Å². The van der Waals surface area contributed by atoms with E-state index in [1.807, 2.05) is 11.0 Å². The number of carbonyl (C=O) groups excluding carboxylic acids is 1. The van der Waals surface area contributed by atoms with E-state index in [0.29, 0.717) is 0 Å². The number of nitrogens with one attached hydrogen (secondary N) is 1. The summed E-state index contributed by atoms with van der Waals surface area (Å²) >= 11 is 0. The molecular weight excluding hydrogens is 272 g/mol. The lowest BCUT2D eigenvalue weighted by atomic mass is 10.0. The summed E-state index contributed by atoms with van der Waals surface area (Å²) in [6.45, 7) is 5.11. The number of fused-ring (bicyclic) bond motifs is 1. The first kappa shape index (κ1) is 15.2. The second-order valence-corrected chi connectivity index (χ2v) is 5.88. The van der Waals surface area contributed by atoms with Crippen molar-refractivity contribution in [3.63, 3.8) is 0 Å². The second-order valence-electron chi connectivity index (χ2n) is 5.88. The van der Waals surface area contributed by atoms with Crippen LogP contribution in [0.25, 0.3) is 0 Å². The summed E-state index contributed by atoms with van der Waals surface area (Å²) in [5.74, 6) is 0.964. The highest BCUT2D eigenvalue weighted by Crippen LogP contribution is 2.24. The fourth-order valence-electron chi connectivity index (χ4n) is 3.09. The summed E-state index contributed by atoms with van der Waals surface area (Å²) in [6, 6.07) is 6.09. The molecule has 1 unspecified atom stereocenters. The smallest absolute Gasteiger partial charge is 0.253 e. The van der Waals surface area contributed by atoms with E-state index in [2.05, 4.69) is 24.4 Å². The third-order valence-electron chi connectivity index (χ3n) is 4.37. The molecule has 0 bridgehead atoms. The van der Waals surface area contributed by atoms with Crippen molar-refractivity contribution in [2.75, 3.05) is 25.0 Å². The molecule has 1 amide bonds. The highest BCUT2D eigenvalue weighted by molar-refractivity contribution is 5.95. The van der Waals surface area contributed by atoms with Crippen LogP contribution in [0.4, 0.5) is 5.69 Å². The molecule has 0 aromatic heterocycles. The normalized spacial score (nSPS) is 21.4. The standard InChI is InChI=1S/C16H22N2O.ClH/c1-12-3-2-9-18(10-7-12)16(19)14-4-5-15-13(11-14)6-8-17-15;/h4-5,11-12,17H,2-3,6-10H2,1H3;1H. The van der Waals surface area contributed by atoms with E-state index in [1.54, 1.807) is 0 Å². The second kappa shape index (κ2) is 6.49. The number of halogens is 1. The van der Waals surface area contributed by atoms with Crippen molar-refractivity contribution in [2.24, 2.45) is 5.92 Å². The fraction of sp³-hybridized carbons (Fsp3) is 0.562. The zero-order chi connectivity index (χ0) is 13.2. The Balaban J connectivity index is 0.00000147. The summed E-state index contributed by atoms with van der Waals surface area (Å²) in [5, 5.41) is 3.34. The molecule has 0 spiro atoms. The maximum absolute atomic E-state index is 12.6. The lowest BCUT2D eigenvalue weighted by Crippen LogP contribution is -2.32. The van der Waals surface area contributed by atoms with Crippen LogP contribution in [-0.2, 0) is 6.42 Å². The van der Waals surface area contributed by atoms with Crippen molar-refractivity contribution >= 4 is 24.0 Å². The van der Waals surface area contributed by atoms with Crippen LogP contribution in [0.2, 0.25) is 0 Å². The molecule has 1 N–H and O–H groups in total. The third-order valence-corrected chi connectivity index (χ3v) is 4.37. The quantitative estimate of drug-likeness (QED) is 0.861. The number of carbonyl (C=O) groups is 1. The average Bonchev–Trinajstić information content (AvgIpc) is 2.78. The summed E-state index contributed by atoms with van der Waals surface area (Å²) in [4.78, 5) is 14.6. The Labute approximate surface area is 127 Å². The van der Waals surface area contributed by atoms with Gasteiger partial charge in [0, 0.05) is 30.9 Å². The van der Waals surface area contributed by atoms with Crippen LogP contribution in [0, 0.1) is 5.92 Å². The molecule has 2 aliphatic rings. The first-order valence-corrected chi connectivity index (χ1v) is 7.40. The summed E-state index contributed by atoms with van der Waals surface area (Å²) in [7, 11) is 0. The van der Waals surface area contributed by atoms with Crippen molar-refractivity contribution in [1.29, 1.82) is 0 Å². The van der Waals surface area contributed by atoms with E-state index in [0.717, 1.165) is 50.4 Å². The molecule has 1 aromatic carbocycles. The zero-order valence-electron chi connectivity index (χ0n) is 12.0. The van der Waals surface area contributed by atoms with Gasteiger partial charge < -0.3 is 10.2 Å². The molecule has 2 aliphatic heterocycles. The predicted octanol–water partition coefficient (Wildman–Crippen LogP) is 3.34. The molecule has 4 heteroatoms. The third kappa shape index (κ3) is 3.09. The minimum atomic E-state index is 0. The molecule has 0 aliphatic carbocycles. The largest absolute Gasteiger partial charge is 0.384 e. The number of hydrogen-bond donors (Lipinski definition) is 1. The Morgan fingerprint density at radius 2 is 2.15 bits per heavy atom. The average molecular weight is 295 g/mol. The minimum absolute atomic E-state index is 0.